The lowest BCUT2D eigenvalue weighted by Gasteiger charge is -2.01. The average molecular weight is 270 g/mol. The number of carbonyl (C=O) groups excluding carboxylic acids is 1. The Morgan fingerprint density at radius 2 is 2.00 bits per heavy atom. The molecule has 2 nitrogen and oxygen atoms in total. The summed E-state index contributed by atoms with van der Waals surface area (Å²) in [5.41, 5.74) is 0.678. The molecule has 1 N–H and O–H groups in total. The minimum absolute atomic E-state index is 0.104. The van der Waals surface area contributed by atoms with Gasteiger partial charge in [0.15, 0.2) is 0 Å². The molecule has 0 saturated heterocycles. The van der Waals surface area contributed by atoms with Crippen LogP contribution in [0.1, 0.15) is 18.4 Å². The van der Waals surface area contributed by atoms with Gasteiger partial charge < -0.3 is 5.32 Å². The van der Waals surface area contributed by atoms with Crippen molar-refractivity contribution < 1.29 is 4.79 Å². The lowest BCUT2D eigenvalue weighted by Crippen LogP contribution is -2.23. The summed E-state index contributed by atoms with van der Waals surface area (Å²) in [4.78, 5) is 11.5. The Bertz CT molecular complexity index is 432. The predicted molar refractivity (Wildman–Crippen MR) is 71.2 cm³/mol. The Morgan fingerprint density at radius 1 is 1.35 bits per heavy atom. The number of hydrogen-bond donors (Lipinski definition) is 1. The van der Waals surface area contributed by atoms with Gasteiger partial charge >= 0.3 is 0 Å². The van der Waals surface area contributed by atoms with Crippen molar-refractivity contribution in [1.82, 2.24) is 5.32 Å². The van der Waals surface area contributed by atoms with Gasteiger partial charge in [-0.3, -0.25) is 4.79 Å². The van der Waals surface area contributed by atoms with Crippen molar-refractivity contribution in [3.63, 3.8) is 0 Å². The van der Waals surface area contributed by atoms with Crippen molar-refractivity contribution in [3.8, 4) is 0 Å². The van der Waals surface area contributed by atoms with E-state index >= 15 is 0 Å². The standard InChI is InChI=1S/C13H13Cl2NO/c14-11-2-1-3-12(15)10(11)6-7-13(17)16-8-9-4-5-9/h1-3,6-7,9H,4-5,8H2,(H,16,17)/b7-6+. The summed E-state index contributed by atoms with van der Waals surface area (Å²) in [5, 5.41) is 3.93. The zero-order chi connectivity index (χ0) is 12.3. The van der Waals surface area contributed by atoms with Gasteiger partial charge in [0, 0.05) is 28.2 Å². The smallest absolute Gasteiger partial charge is 0.244 e. The molecule has 1 aliphatic rings. The predicted octanol–water partition coefficient (Wildman–Crippen LogP) is 3.53. The van der Waals surface area contributed by atoms with E-state index in [4.69, 9.17) is 23.2 Å². The molecule has 0 atom stereocenters. The summed E-state index contributed by atoms with van der Waals surface area (Å²) < 4.78 is 0. The average Bonchev–Trinajstić information content (AvgIpc) is 3.09. The van der Waals surface area contributed by atoms with Crippen molar-refractivity contribution in [1.29, 1.82) is 0 Å². The maximum Gasteiger partial charge on any atom is 0.244 e. The van der Waals surface area contributed by atoms with Crippen LogP contribution in [0.15, 0.2) is 24.3 Å². The summed E-state index contributed by atoms with van der Waals surface area (Å²) in [7, 11) is 0. The van der Waals surface area contributed by atoms with Crippen LogP contribution >= 0.6 is 23.2 Å². The highest BCUT2D eigenvalue weighted by molar-refractivity contribution is 6.37. The molecule has 0 spiro atoms. The summed E-state index contributed by atoms with van der Waals surface area (Å²) in [6.45, 7) is 0.763. The fourth-order valence-corrected chi connectivity index (χ4v) is 1.98. The van der Waals surface area contributed by atoms with Crippen LogP contribution in [0.25, 0.3) is 6.08 Å². The SMILES string of the molecule is O=C(/C=C/c1c(Cl)cccc1Cl)NCC1CC1. The molecule has 0 bridgehead atoms. The summed E-state index contributed by atoms with van der Waals surface area (Å²) in [6, 6.07) is 5.26. The topological polar surface area (TPSA) is 29.1 Å². The molecule has 0 radical (unpaired) electrons. The van der Waals surface area contributed by atoms with E-state index < -0.39 is 0 Å². The summed E-state index contributed by atoms with van der Waals surface area (Å²) >= 11 is 12.0. The van der Waals surface area contributed by atoms with E-state index in [1.807, 2.05) is 0 Å². The molecule has 4 heteroatoms. The van der Waals surface area contributed by atoms with Gasteiger partial charge in [0.1, 0.15) is 0 Å². The Balaban J connectivity index is 1.96. The molecule has 0 heterocycles. The first-order chi connectivity index (χ1) is 8.16. The normalized spacial score (nSPS) is 15.2. The monoisotopic (exact) mass is 269 g/mol. The molecule has 2 rings (SSSR count). The Kier molecular flexibility index (Phi) is 4.08. The van der Waals surface area contributed by atoms with E-state index in [1.165, 1.54) is 18.9 Å². The maximum absolute atomic E-state index is 11.5. The van der Waals surface area contributed by atoms with Crippen LogP contribution < -0.4 is 5.32 Å². The van der Waals surface area contributed by atoms with Crippen molar-refractivity contribution >= 4 is 35.2 Å². The fourth-order valence-electron chi connectivity index (χ4n) is 1.45. The number of halogens is 2. The second kappa shape index (κ2) is 5.56. The quantitative estimate of drug-likeness (QED) is 0.833. The number of nitrogens with one attached hydrogen (secondary N) is 1. The lowest BCUT2D eigenvalue weighted by molar-refractivity contribution is -0.116. The largest absolute Gasteiger partial charge is 0.352 e. The van der Waals surface area contributed by atoms with Gasteiger partial charge in [-0.15, -0.1) is 0 Å². The van der Waals surface area contributed by atoms with E-state index in [2.05, 4.69) is 5.32 Å². The van der Waals surface area contributed by atoms with Gasteiger partial charge in [-0.1, -0.05) is 29.3 Å². The first kappa shape index (κ1) is 12.5. The van der Waals surface area contributed by atoms with Crippen LogP contribution in [0.3, 0.4) is 0 Å². The fraction of sp³-hybridized carbons (Fsp3) is 0.308. The molecule has 0 aromatic heterocycles. The molecule has 90 valence electrons. The molecule has 0 unspecified atom stereocenters. The van der Waals surface area contributed by atoms with Gasteiger partial charge in [-0.25, -0.2) is 0 Å². The molecule has 17 heavy (non-hydrogen) atoms. The van der Waals surface area contributed by atoms with Crippen LogP contribution in [0.4, 0.5) is 0 Å². The highest BCUT2D eigenvalue weighted by atomic mass is 35.5. The second-order valence-electron chi connectivity index (χ2n) is 4.16. The van der Waals surface area contributed by atoms with Crippen LogP contribution in [0.5, 0.6) is 0 Å². The minimum atomic E-state index is -0.104. The molecule has 1 aromatic carbocycles. The van der Waals surface area contributed by atoms with Crippen LogP contribution in [0.2, 0.25) is 10.0 Å². The van der Waals surface area contributed by atoms with Gasteiger partial charge in [0.25, 0.3) is 0 Å². The lowest BCUT2D eigenvalue weighted by atomic mass is 10.2. The summed E-state index contributed by atoms with van der Waals surface area (Å²) in [5.74, 6) is 0.573. The van der Waals surface area contributed by atoms with Crippen molar-refractivity contribution in [2.24, 2.45) is 5.92 Å². The highest BCUT2D eigenvalue weighted by Crippen LogP contribution is 2.27. The Hall–Kier alpha value is -0.990. The third kappa shape index (κ3) is 3.76. The molecule has 1 fully saturated rings. The molecule has 1 amide bonds. The molecular weight excluding hydrogens is 257 g/mol. The maximum atomic E-state index is 11.5. The molecule has 1 aromatic rings. The van der Waals surface area contributed by atoms with E-state index in [0.29, 0.717) is 21.5 Å². The zero-order valence-electron chi connectivity index (χ0n) is 9.25. The van der Waals surface area contributed by atoms with Gasteiger partial charge in [0.2, 0.25) is 5.91 Å². The number of benzene rings is 1. The highest BCUT2D eigenvalue weighted by Gasteiger charge is 2.20. The third-order valence-corrected chi connectivity index (χ3v) is 3.32. The van der Waals surface area contributed by atoms with E-state index in [9.17, 15) is 4.79 Å². The number of hydrogen-bond acceptors (Lipinski definition) is 1. The van der Waals surface area contributed by atoms with Crippen LogP contribution in [-0.4, -0.2) is 12.5 Å². The first-order valence-electron chi connectivity index (χ1n) is 5.57. The zero-order valence-corrected chi connectivity index (χ0v) is 10.8. The first-order valence-corrected chi connectivity index (χ1v) is 6.32. The van der Waals surface area contributed by atoms with Gasteiger partial charge in [-0.2, -0.15) is 0 Å². The molecule has 0 aliphatic heterocycles. The molecule has 1 aliphatic carbocycles. The van der Waals surface area contributed by atoms with Crippen molar-refractivity contribution in [2.45, 2.75) is 12.8 Å². The third-order valence-electron chi connectivity index (χ3n) is 2.66. The van der Waals surface area contributed by atoms with Crippen molar-refractivity contribution in [2.75, 3.05) is 6.54 Å². The number of amides is 1. The second-order valence-corrected chi connectivity index (χ2v) is 4.97. The Labute approximate surface area is 111 Å². The van der Waals surface area contributed by atoms with Crippen LogP contribution in [-0.2, 0) is 4.79 Å². The Morgan fingerprint density at radius 3 is 2.59 bits per heavy atom. The van der Waals surface area contributed by atoms with E-state index in [1.54, 1.807) is 24.3 Å². The van der Waals surface area contributed by atoms with Gasteiger partial charge in [0.05, 0.1) is 0 Å². The van der Waals surface area contributed by atoms with Gasteiger partial charge in [-0.05, 0) is 37.0 Å². The van der Waals surface area contributed by atoms with E-state index in [0.717, 1.165) is 6.54 Å². The number of carbonyl (C=O) groups is 1. The number of rotatable bonds is 4. The summed E-state index contributed by atoms with van der Waals surface area (Å²) in [6.07, 6.45) is 5.56. The molecule has 1 saturated carbocycles. The molecular formula is C13H13Cl2NO. The van der Waals surface area contributed by atoms with Crippen LogP contribution in [0, 0.1) is 5.92 Å². The van der Waals surface area contributed by atoms with E-state index in [-0.39, 0.29) is 5.91 Å². The van der Waals surface area contributed by atoms with Crippen molar-refractivity contribution in [3.05, 3.63) is 39.9 Å². The minimum Gasteiger partial charge on any atom is -0.352 e.